The highest BCUT2D eigenvalue weighted by molar-refractivity contribution is 5.97. The molecule has 1 aromatic carbocycles. The number of fused-ring (bicyclic) bond motifs is 2. The molecule has 4 nitrogen and oxygen atoms in total. The lowest BCUT2D eigenvalue weighted by Gasteiger charge is -2.45. The Balaban J connectivity index is 1.50. The molecule has 0 heterocycles. The van der Waals surface area contributed by atoms with Crippen molar-refractivity contribution in [3.63, 3.8) is 0 Å². The number of rotatable bonds is 5. The zero-order valence-corrected chi connectivity index (χ0v) is 13.5. The molecule has 3 rings (SSSR count). The molecule has 124 valence electrons. The minimum absolute atomic E-state index is 0.00616. The normalized spacial score (nSPS) is 29.8. The molecule has 1 amide bonds. The molecular formula is C19H26N2O2. The highest BCUT2D eigenvalue weighted by Crippen LogP contribution is 2.39. The van der Waals surface area contributed by atoms with E-state index in [2.05, 4.69) is 5.32 Å². The molecule has 2 fully saturated rings. The lowest BCUT2D eigenvalue weighted by Crippen LogP contribution is -2.53. The Hall–Kier alpha value is -1.68. The third kappa shape index (κ3) is 3.99. The second kappa shape index (κ2) is 7.26. The third-order valence-electron chi connectivity index (χ3n) is 5.38. The van der Waals surface area contributed by atoms with E-state index in [9.17, 15) is 9.59 Å². The Bertz CT molecular complexity index is 544. The Labute approximate surface area is 137 Å². The maximum atomic E-state index is 12.3. The monoisotopic (exact) mass is 314 g/mol. The Morgan fingerprint density at radius 3 is 2.35 bits per heavy atom. The van der Waals surface area contributed by atoms with Crippen LogP contribution in [0.2, 0.25) is 0 Å². The number of carbonyl (C=O) groups excluding carboxylic acids is 2. The number of benzene rings is 1. The summed E-state index contributed by atoms with van der Waals surface area (Å²) in [7, 11) is 0. The first-order valence-electron chi connectivity index (χ1n) is 8.76. The van der Waals surface area contributed by atoms with Crippen LogP contribution in [0.3, 0.4) is 0 Å². The summed E-state index contributed by atoms with van der Waals surface area (Å²) >= 11 is 0. The summed E-state index contributed by atoms with van der Waals surface area (Å²) in [5.41, 5.74) is 6.80. The van der Waals surface area contributed by atoms with Gasteiger partial charge < -0.3 is 11.1 Å². The fourth-order valence-corrected chi connectivity index (χ4v) is 4.28. The molecular weight excluding hydrogens is 288 g/mol. The molecule has 4 heteroatoms. The molecule has 0 radical (unpaired) electrons. The molecule has 1 aromatic rings. The fraction of sp³-hybridized carbons (Fsp3) is 0.579. The number of ketones is 1. The Morgan fingerprint density at radius 1 is 1.04 bits per heavy atom. The molecule has 2 atom stereocenters. The number of hydrogen-bond acceptors (Lipinski definition) is 3. The van der Waals surface area contributed by atoms with Crippen molar-refractivity contribution in [2.24, 2.45) is 17.6 Å². The Morgan fingerprint density at radius 2 is 1.70 bits per heavy atom. The average molecular weight is 314 g/mol. The largest absolute Gasteiger partial charge is 0.353 e. The fourth-order valence-electron chi connectivity index (χ4n) is 4.28. The zero-order chi connectivity index (χ0) is 16.2. The van der Waals surface area contributed by atoms with E-state index in [-0.39, 0.29) is 36.6 Å². The second-order valence-electron chi connectivity index (χ2n) is 7.07. The minimum Gasteiger partial charge on any atom is -0.353 e. The molecule has 0 saturated heterocycles. The highest BCUT2D eigenvalue weighted by atomic mass is 16.2. The van der Waals surface area contributed by atoms with E-state index >= 15 is 0 Å². The number of hydrogen-bond donors (Lipinski definition) is 2. The summed E-state index contributed by atoms with van der Waals surface area (Å²) in [6.07, 6.45) is 6.17. The summed E-state index contributed by atoms with van der Waals surface area (Å²) in [6, 6.07) is 9.73. The number of nitrogens with two attached hydrogens (primary N) is 1. The molecule has 0 aliphatic heterocycles. The van der Waals surface area contributed by atoms with Crippen molar-refractivity contribution in [2.75, 3.05) is 0 Å². The van der Waals surface area contributed by atoms with Gasteiger partial charge in [0, 0.05) is 30.5 Å². The lowest BCUT2D eigenvalue weighted by atomic mass is 9.67. The van der Waals surface area contributed by atoms with Crippen LogP contribution in [-0.4, -0.2) is 23.8 Å². The van der Waals surface area contributed by atoms with Gasteiger partial charge in [-0.25, -0.2) is 0 Å². The summed E-state index contributed by atoms with van der Waals surface area (Å²) < 4.78 is 0. The van der Waals surface area contributed by atoms with Crippen LogP contribution in [0.1, 0.15) is 55.3 Å². The number of Topliss-reactive ketones (excluding diaryl/α,β-unsaturated/α-hetero) is 1. The first-order valence-corrected chi connectivity index (χ1v) is 8.76. The maximum Gasteiger partial charge on any atom is 0.220 e. The average Bonchev–Trinajstić information content (AvgIpc) is 2.54. The molecule has 3 N–H and O–H groups in total. The second-order valence-corrected chi connectivity index (χ2v) is 7.07. The van der Waals surface area contributed by atoms with Gasteiger partial charge in [0.1, 0.15) is 0 Å². The van der Waals surface area contributed by atoms with Gasteiger partial charge in [-0.05, 0) is 37.5 Å². The predicted octanol–water partition coefficient (Wildman–Crippen LogP) is 2.67. The third-order valence-corrected chi connectivity index (χ3v) is 5.38. The van der Waals surface area contributed by atoms with E-state index in [0.717, 1.165) is 25.7 Å². The predicted molar refractivity (Wildman–Crippen MR) is 90.0 cm³/mol. The van der Waals surface area contributed by atoms with Crippen LogP contribution in [0.4, 0.5) is 0 Å². The SMILES string of the molecule is NC1CC2CCCC(C1)C2NC(=O)CCC(=O)c1ccccc1. The van der Waals surface area contributed by atoms with Crippen molar-refractivity contribution in [1.82, 2.24) is 5.32 Å². The van der Waals surface area contributed by atoms with Crippen LogP contribution in [0.5, 0.6) is 0 Å². The van der Waals surface area contributed by atoms with Crippen molar-refractivity contribution < 1.29 is 9.59 Å². The first kappa shape index (κ1) is 16.2. The van der Waals surface area contributed by atoms with Crippen molar-refractivity contribution in [1.29, 1.82) is 0 Å². The minimum atomic E-state index is 0.00616. The van der Waals surface area contributed by atoms with Gasteiger partial charge in [0.25, 0.3) is 0 Å². The molecule has 2 aliphatic carbocycles. The summed E-state index contributed by atoms with van der Waals surface area (Å²) in [4.78, 5) is 24.3. The van der Waals surface area contributed by atoms with Crippen molar-refractivity contribution in [3.05, 3.63) is 35.9 Å². The van der Waals surface area contributed by atoms with E-state index in [0.29, 0.717) is 17.4 Å². The lowest BCUT2D eigenvalue weighted by molar-refractivity contribution is -0.123. The molecule has 2 bridgehead atoms. The molecule has 2 unspecified atom stereocenters. The molecule has 2 saturated carbocycles. The molecule has 23 heavy (non-hydrogen) atoms. The van der Waals surface area contributed by atoms with E-state index < -0.39 is 0 Å². The van der Waals surface area contributed by atoms with Crippen LogP contribution in [0.25, 0.3) is 0 Å². The molecule has 0 spiro atoms. The van der Waals surface area contributed by atoms with Crippen LogP contribution in [-0.2, 0) is 4.79 Å². The van der Waals surface area contributed by atoms with Gasteiger partial charge in [-0.1, -0.05) is 36.8 Å². The summed E-state index contributed by atoms with van der Waals surface area (Å²) in [6.45, 7) is 0. The smallest absolute Gasteiger partial charge is 0.220 e. The van der Waals surface area contributed by atoms with Gasteiger partial charge in [0.2, 0.25) is 5.91 Å². The van der Waals surface area contributed by atoms with Crippen LogP contribution in [0, 0.1) is 11.8 Å². The van der Waals surface area contributed by atoms with Gasteiger partial charge in [-0.2, -0.15) is 0 Å². The number of nitrogens with one attached hydrogen (secondary N) is 1. The van der Waals surface area contributed by atoms with Crippen molar-refractivity contribution >= 4 is 11.7 Å². The van der Waals surface area contributed by atoms with E-state index in [1.54, 1.807) is 12.1 Å². The summed E-state index contributed by atoms with van der Waals surface area (Å²) in [5.74, 6) is 1.08. The zero-order valence-electron chi connectivity index (χ0n) is 13.5. The van der Waals surface area contributed by atoms with Gasteiger partial charge >= 0.3 is 0 Å². The Kier molecular flexibility index (Phi) is 5.11. The number of amides is 1. The quantitative estimate of drug-likeness (QED) is 0.821. The number of carbonyl (C=O) groups is 2. The van der Waals surface area contributed by atoms with Gasteiger partial charge in [0.15, 0.2) is 5.78 Å². The van der Waals surface area contributed by atoms with Gasteiger partial charge in [0.05, 0.1) is 0 Å². The van der Waals surface area contributed by atoms with E-state index in [1.807, 2.05) is 18.2 Å². The van der Waals surface area contributed by atoms with Gasteiger partial charge in [-0.3, -0.25) is 9.59 Å². The topological polar surface area (TPSA) is 72.2 Å². The highest BCUT2D eigenvalue weighted by Gasteiger charge is 2.39. The maximum absolute atomic E-state index is 12.3. The van der Waals surface area contributed by atoms with E-state index in [1.165, 1.54) is 6.42 Å². The first-order chi connectivity index (χ1) is 11.1. The van der Waals surface area contributed by atoms with Gasteiger partial charge in [-0.15, -0.1) is 0 Å². The molecule has 2 aliphatic rings. The standard InChI is InChI=1S/C19H26N2O2/c20-16-11-14-7-4-8-15(12-16)19(14)21-18(23)10-9-17(22)13-5-2-1-3-6-13/h1-3,5-6,14-16,19H,4,7-12,20H2,(H,21,23). The van der Waals surface area contributed by atoms with Crippen LogP contribution < -0.4 is 11.1 Å². The van der Waals surface area contributed by atoms with Crippen molar-refractivity contribution in [3.8, 4) is 0 Å². The van der Waals surface area contributed by atoms with Crippen molar-refractivity contribution in [2.45, 2.75) is 57.0 Å². The van der Waals surface area contributed by atoms with Crippen LogP contribution >= 0.6 is 0 Å². The van der Waals surface area contributed by atoms with Crippen LogP contribution in [0.15, 0.2) is 30.3 Å². The summed E-state index contributed by atoms with van der Waals surface area (Å²) in [5, 5.41) is 3.20. The molecule has 0 aromatic heterocycles. The van der Waals surface area contributed by atoms with E-state index in [4.69, 9.17) is 5.73 Å².